The second-order valence-electron chi connectivity index (χ2n) is 6.92. The molecule has 1 aromatic carbocycles. The lowest BCUT2D eigenvalue weighted by Gasteiger charge is -2.08. The highest BCUT2D eigenvalue weighted by Crippen LogP contribution is 2.33. The second-order valence-corrected chi connectivity index (χ2v) is 6.92. The molecule has 154 valence electrons. The Morgan fingerprint density at radius 1 is 1.23 bits per heavy atom. The zero-order valence-corrected chi connectivity index (χ0v) is 16.5. The van der Waals surface area contributed by atoms with Crippen molar-refractivity contribution in [2.45, 2.75) is 33.2 Å². The smallest absolute Gasteiger partial charge is 0.264 e. The Labute approximate surface area is 171 Å². The van der Waals surface area contributed by atoms with Gasteiger partial charge in [0.05, 0.1) is 17.3 Å². The van der Waals surface area contributed by atoms with Gasteiger partial charge in [-0.05, 0) is 49.2 Å². The van der Waals surface area contributed by atoms with Crippen LogP contribution in [0.2, 0.25) is 0 Å². The summed E-state index contributed by atoms with van der Waals surface area (Å²) in [5.74, 6) is 0.0390. The topological polar surface area (TPSA) is 73.0 Å². The minimum Gasteiger partial charge on any atom is -0.463 e. The van der Waals surface area contributed by atoms with Gasteiger partial charge in [0, 0.05) is 11.3 Å². The van der Waals surface area contributed by atoms with Crippen LogP contribution in [-0.4, -0.2) is 20.7 Å². The molecule has 4 rings (SSSR count). The quantitative estimate of drug-likeness (QED) is 0.478. The van der Waals surface area contributed by atoms with Crippen molar-refractivity contribution in [2.75, 3.05) is 5.32 Å². The molecule has 0 saturated heterocycles. The molecule has 30 heavy (non-hydrogen) atoms. The maximum absolute atomic E-state index is 13.7. The van der Waals surface area contributed by atoms with Gasteiger partial charge in [0.2, 0.25) is 5.91 Å². The first-order valence-electron chi connectivity index (χ1n) is 9.55. The fourth-order valence-electron chi connectivity index (χ4n) is 3.38. The average molecular weight is 410 g/mol. The van der Waals surface area contributed by atoms with E-state index >= 15 is 0 Å². The molecule has 0 fully saturated rings. The van der Waals surface area contributed by atoms with Crippen molar-refractivity contribution in [1.29, 1.82) is 0 Å². The summed E-state index contributed by atoms with van der Waals surface area (Å²) in [7, 11) is 0. The predicted octanol–water partition coefficient (Wildman–Crippen LogP) is 5.14. The van der Waals surface area contributed by atoms with E-state index < -0.39 is 6.43 Å². The molecule has 0 unspecified atom stereocenters. The van der Waals surface area contributed by atoms with E-state index in [2.05, 4.69) is 22.3 Å². The fourth-order valence-corrected chi connectivity index (χ4v) is 3.38. The number of aromatic nitrogens is 3. The number of pyridine rings is 1. The Morgan fingerprint density at radius 3 is 2.63 bits per heavy atom. The van der Waals surface area contributed by atoms with Crippen LogP contribution < -0.4 is 5.32 Å². The summed E-state index contributed by atoms with van der Waals surface area (Å²) in [6.45, 7) is 3.52. The molecule has 0 aliphatic rings. The minimum absolute atomic E-state index is 0.156. The van der Waals surface area contributed by atoms with Crippen LogP contribution in [0.5, 0.6) is 0 Å². The zero-order chi connectivity index (χ0) is 21.3. The molecule has 6 nitrogen and oxygen atoms in total. The first kappa shape index (κ1) is 19.8. The number of nitrogens with one attached hydrogen (secondary N) is 1. The summed E-state index contributed by atoms with van der Waals surface area (Å²) in [6, 6.07) is 12.1. The van der Waals surface area contributed by atoms with Gasteiger partial charge in [-0.25, -0.2) is 18.4 Å². The van der Waals surface area contributed by atoms with E-state index in [4.69, 9.17) is 4.42 Å². The van der Waals surface area contributed by atoms with Gasteiger partial charge in [-0.3, -0.25) is 4.79 Å². The van der Waals surface area contributed by atoms with E-state index in [0.717, 1.165) is 12.0 Å². The van der Waals surface area contributed by atoms with E-state index in [1.54, 1.807) is 19.1 Å². The Morgan fingerprint density at radius 2 is 2.00 bits per heavy atom. The molecule has 1 amide bonds. The highest BCUT2D eigenvalue weighted by atomic mass is 19.3. The molecule has 0 bridgehead atoms. The molecule has 1 N–H and O–H groups in total. The summed E-state index contributed by atoms with van der Waals surface area (Å²) in [5, 5.41) is 7.34. The second kappa shape index (κ2) is 8.06. The monoisotopic (exact) mass is 410 g/mol. The molecule has 4 aromatic rings. The molecule has 0 radical (unpaired) electrons. The van der Waals surface area contributed by atoms with Gasteiger partial charge in [0.15, 0.2) is 11.4 Å². The molecular formula is C22H20F2N4O2. The molecule has 0 spiro atoms. The maximum atomic E-state index is 13.7. The number of amides is 1. The van der Waals surface area contributed by atoms with Crippen LogP contribution in [0.15, 0.2) is 53.1 Å². The van der Waals surface area contributed by atoms with E-state index in [1.165, 1.54) is 17.0 Å². The number of rotatable bonds is 6. The van der Waals surface area contributed by atoms with E-state index in [9.17, 15) is 13.6 Å². The van der Waals surface area contributed by atoms with Crippen molar-refractivity contribution in [2.24, 2.45) is 0 Å². The summed E-state index contributed by atoms with van der Waals surface area (Å²) in [4.78, 5) is 17.0. The highest BCUT2D eigenvalue weighted by Gasteiger charge is 2.22. The van der Waals surface area contributed by atoms with Crippen LogP contribution in [0.25, 0.3) is 22.5 Å². The Hall–Kier alpha value is -3.55. The SMILES string of the molecule is CCc1ccc(NC(=O)Cn2nc(C)c3c(C(F)F)cc(-c4ccco4)nc32)cc1. The van der Waals surface area contributed by atoms with Gasteiger partial charge in [-0.2, -0.15) is 5.10 Å². The average Bonchev–Trinajstić information content (AvgIpc) is 3.37. The first-order valence-corrected chi connectivity index (χ1v) is 9.55. The number of furan rings is 1. The molecular weight excluding hydrogens is 390 g/mol. The van der Waals surface area contributed by atoms with Crippen LogP contribution in [0, 0.1) is 6.92 Å². The molecule has 0 aliphatic heterocycles. The standard InChI is InChI=1S/C22H20F2N4O2/c1-3-14-6-8-15(9-7-14)25-19(29)12-28-22-20(13(2)27-28)16(21(23)24)11-17(26-22)18-5-4-10-30-18/h4-11,21H,3,12H2,1-2H3,(H,25,29). The molecule has 0 aliphatic carbocycles. The number of carbonyl (C=O) groups is 1. The van der Waals surface area contributed by atoms with E-state index in [1.807, 2.05) is 24.3 Å². The summed E-state index contributed by atoms with van der Waals surface area (Å²) < 4.78 is 34.1. The first-order chi connectivity index (χ1) is 14.5. The zero-order valence-electron chi connectivity index (χ0n) is 16.5. The molecule has 3 heterocycles. The number of alkyl halides is 2. The van der Waals surface area contributed by atoms with Gasteiger partial charge >= 0.3 is 0 Å². The van der Waals surface area contributed by atoms with Crippen molar-refractivity contribution < 1.29 is 18.0 Å². The minimum atomic E-state index is -2.72. The summed E-state index contributed by atoms with van der Waals surface area (Å²) in [5.41, 5.74) is 2.50. The number of halogens is 2. The Balaban J connectivity index is 1.69. The molecule has 8 heteroatoms. The van der Waals surface area contributed by atoms with Gasteiger partial charge < -0.3 is 9.73 Å². The normalized spacial score (nSPS) is 11.4. The van der Waals surface area contributed by atoms with Gasteiger partial charge in [-0.15, -0.1) is 0 Å². The van der Waals surface area contributed by atoms with Crippen molar-refractivity contribution in [3.05, 3.63) is 65.5 Å². The number of anilines is 1. The van der Waals surface area contributed by atoms with Crippen LogP contribution in [0.1, 0.15) is 30.2 Å². The molecule has 0 atom stereocenters. The van der Waals surface area contributed by atoms with Crippen LogP contribution >= 0.6 is 0 Å². The lowest BCUT2D eigenvalue weighted by molar-refractivity contribution is -0.116. The third-order valence-electron chi connectivity index (χ3n) is 4.86. The van der Waals surface area contributed by atoms with Crippen molar-refractivity contribution in [3.63, 3.8) is 0 Å². The molecule has 3 aromatic heterocycles. The van der Waals surface area contributed by atoms with Gasteiger partial charge in [0.25, 0.3) is 6.43 Å². The largest absolute Gasteiger partial charge is 0.463 e. The number of hydrogen-bond donors (Lipinski definition) is 1. The number of hydrogen-bond acceptors (Lipinski definition) is 4. The highest BCUT2D eigenvalue weighted by molar-refractivity contribution is 5.92. The van der Waals surface area contributed by atoms with Crippen LogP contribution in [0.4, 0.5) is 14.5 Å². The van der Waals surface area contributed by atoms with E-state index in [0.29, 0.717) is 17.1 Å². The maximum Gasteiger partial charge on any atom is 0.264 e. The van der Waals surface area contributed by atoms with Gasteiger partial charge in [0.1, 0.15) is 12.2 Å². The third-order valence-corrected chi connectivity index (χ3v) is 4.86. The Bertz CT molecular complexity index is 1180. The summed E-state index contributed by atoms with van der Waals surface area (Å²) in [6.07, 6.45) is -0.363. The summed E-state index contributed by atoms with van der Waals surface area (Å²) >= 11 is 0. The number of aryl methyl sites for hydroxylation is 2. The number of benzene rings is 1. The number of fused-ring (bicyclic) bond motifs is 1. The van der Waals surface area contributed by atoms with Crippen molar-refractivity contribution in [3.8, 4) is 11.5 Å². The van der Waals surface area contributed by atoms with Crippen molar-refractivity contribution in [1.82, 2.24) is 14.8 Å². The molecule has 0 saturated carbocycles. The Kier molecular flexibility index (Phi) is 5.31. The lowest BCUT2D eigenvalue weighted by atomic mass is 10.1. The number of carbonyl (C=O) groups excluding carboxylic acids is 1. The van der Waals surface area contributed by atoms with Gasteiger partial charge in [-0.1, -0.05) is 19.1 Å². The lowest BCUT2D eigenvalue weighted by Crippen LogP contribution is -2.19. The van der Waals surface area contributed by atoms with Crippen LogP contribution in [-0.2, 0) is 17.8 Å². The fraction of sp³-hybridized carbons (Fsp3) is 0.227. The number of nitrogens with zero attached hydrogens (tertiary/aromatic N) is 3. The van der Waals surface area contributed by atoms with Crippen LogP contribution in [0.3, 0.4) is 0 Å². The van der Waals surface area contributed by atoms with Crippen molar-refractivity contribution >= 4 is 22.6 Å². The predicted molar refractivity (Wildman–Crippen MR) is 109 cm³/mol. The van der Waals surface area contributed by atoms with E-state index in [-0.39, 0.29) is 34.7 Å². The third kappa shape index (κ3) is 3.80.